The van der Waals surface area contributed by atoms with Gasteiger partial charge in [-0.1, -0.05) is 35.3 Å². The van der Waals surface area contributed by atoms with Gasteiger partial charge < -0.3 is 15.8 Å². The Hall–Kier alpha value is -2.24. The molecule has 0 saturated carbocycles. The maximum absolute atomic E-state index is 11.9. The number of hydrogen-bond donors (Lipinski definition) is 2. The van der Waals surface area contributed by atoms with Crippen molar-refractivity contribution in [3.05, 3.63) is 63.6 Å². The van der Waals surface area contributed by atoms with Crippen molar-refractivity contribution in [1.82, 2.24) is 5.32 Å². The van der Waals surface area contributed by atoms with Crippen LogP contribution in [0.25, 0.3) is 0 Å². The number of esters is 1. The van der Waals surface area contributed by atoms with Gasteiger partial charge >= 0.3 is 5.97 Å². The molecule has 0 saturated heterocycles. The number of hydrogen-bond acceptors (Lipinski definition) is 4. The first kappa shape index (κ1) is 17.1. The minimum atomic E-state index is -0.706. The molecule has 0 fully saturated rings. The first-order chi connectivity index (χ1) is 11.0. The molecule has 0 bridgehead atoms. The molecule has 0 heterocycles. The maximum Gasteiger partial charge on any atom is 0.340 e. The molecule has 0 atom stereocenters. The van der Waals surface area contributed by atoms with Crippen LogP contribution in [0.2, 0.25) is 10.0 Å². The van der Waals surface area contributed by atoms with E-state index in [1.54, 1.807) is 24.3 Å². The third kappa shape index (κ3) is 5.16. The molecule has 0 aliphatic heterocycles. The van der Waals surface area contributed by atoms with Crippen molar-refractivity contribution < 1.29 is 14.3 Å². The Balaban J connectivity index is 1.84. The fraction of sp³-hybridized carbons (Fsp3) is 0.125. The molecular weight excluding hydrogens is 339 g/mol. The molecule has 2 rings (SSSR count). The van der Waals surface area contributed by atoms with Crippen LogP contribution in [0.15, 0.2) is 42.5 Å². The Morgan fingerprint density at radius 2 is 1.83 bits per heavy atom. The zero-order valence-corrected chi connectivity index (χ0v) is 13.5. The summed E-state index contributed by atoms with van der Waals surface area (Å²) in [6.45, 7) is -0.123. The monoisotopic (exact) mass is 352 g/mol. The van der Waals surface area contributed by atoms with Gasteiger partial charge in [-0.25, -0.2) is 4.79 Å². The molecule has 0 spiro atoms. The van der Waals surface area contributed by atoms with Gasteiger partial charge in [-0.15, -0.1) is 0 Å². The van der Waals surface area contributed by atoms with Gasteiger partial charge in [0.1, 0.15) is 0 Å². The quantitative estimate of drug-likeness (QED) is 0.640. The van der Waals surface area contributed by atoms with E-state index >= 15 is 0 Å². The van der Waals surface area contributed by atoms with Crippen molar-refractivity contribution in [3.63, 3.8) is 0 Å². The van der Waals surface area contributed by atoms with Crippen molar-refractivity contribution >= 4 is 40.8 Å². The second-order valence-electron chi connectivity index (χ2n) is 4.71. The van der Waals surface area contributed by atoms with Crippen molar-refractivity contribution in [3.8, 4) is 0 Å². The summed E-state index contributed by atoms with van der Waals surface area (Å²) in [4.78, 5) is 23.6. The third-order valence-electron chi connectivity index (χ3n) is 2.95. The number of halogens is 2. The molecule has 0 unspecified atom stereocenters. The molecule has 0 radical (unpaired) electrons. The van der Waals surface area contributed by atoms with Crippen molar-refractivity contribution in [2.45, 2.75) is 6.54 Å². The zero-order chi connectivity index (χ0) is 16.8. The summed E-state index contributed by atoms with van der Waals surface area (Å²) in [5.74, 6) is -1.14. The van der Waals surface area contributed by atoms with E-state index < -0.39 is 18.5 Å². The SMILES string of the molecule is Nc1ccc(Cl)cc1C(=O)OCC(=O)NCc1cccc(Cl)c1. The van der Waals surface area contributed by atoms with E-state index in [0.717, 1.165) is 5.56 Å². The molecule has 0 aromatic heterocycles. The van der Waals surface area contributed by atoms with Crippen molar-refractivity contribution in [1.29, 1.82) is 0 Å². The van der Waals surface area contributed by atoms with Crippen molar-refractivity contribution in [2.75, 3.05) is 12.3 Å². The predicted molar refractivity (Wildman–Crippen MR) is 89.4 cm³/mol. The molecule has 1 amide bonds. The summed E-state index contributed by atoms with van der Waals surface area (Å²) in [5, 5.41) is 3.57. The van der Waals surface area contributed by atoms with Gasteiger partial charge in [0.15, 0.2) is 6.61 Å². The summed E-state index contributed by atoms with van der Waals surface area (Å²) in [6, 6.07) is 11.5. The molecule has 0 aliphatic rings. The summed E-state index contributed by atoms with van der Waals surface area (Å²) in [7, 11) is 0. The summed E-state index contributed by atoms with van der Waals surface area (Å²) >= 11 is 11.7. The number of carbonyl (C=O) groups is 2. The zero-order valence-electron chi connectivity index (χ0n) is 12.0. The molecule has 3 N–H and O–H groups in total. The smallest absolute Gasteiger partial charge is 0.340 e. The summed E-state index contributed by atoms with van der Waals surface area (Å²) < 4.78 is 4.92. The molecule has 2 aromatic rings. The summed E-state index contributed by atoms with van der Waals surface area (Å²) in [6.07, 6.45) is 0. The van der Waals surface area contributed by atoms with E-state index in [9.17, 15) is 9.59 Å². The minimum Gasteiger partial charge on any atom is -0.452 e. The van der Waals surface area contributed by atoms with Crippen LogP contribution < -0.4 is 11.1 Å². The predicted octanol–water partition coefficient (Wildman–Crippen LogP) is 3.05. The summed E-state index contributed by atoms with van der Waals surface area (Å²) in [5.41, 5.74) is 6.88. The van der Waals surface area contributed by atoms with E-state index in [1.807, 2.05) is 6.07 Å². The van der Waals surface area contributed by atoms with E-state index in [4.69, 9.17) is 33.7 Å². The highest BCUT2D eigenvalue weighted by atomic mass is 35.5. The molecule has 0 aliphatic carbocycles. The number of carbonyl (C=O) groups excluding carboxylic acids is 2. The molecular formula is C16H14Cl2N2O3. The minimum absolute atomic E-state index is 0.125. The second-order valence-corrected chi connectivity index (χ2v) is 5.59. The van der Waals surface area contributed by atoms with Crippen LogP contribution in [0.5, 0.6) is 0 Å². The Kier molecular flexibility index (Phi) is 5.84. The van der Waals surface area contributed by atoms with Crippen LogP contribution in [0.1, 0.15) is 15.9 Å². The lowest BCUT2D eigenvalue weighted by molar-refractivity contribution is -0.124. The number of nitrogen functional groups attached to an aromatic ring is 1. The third-order valence-corrected chi connectivity index (χ3v) is 3.42. The largest absolute Gasteiger partial charge is 0.452 e. The first-order valence-electron chi connectivity index (χ1n) is 6.69. The maximum atomic E-state index is 11.9. The van der Waals surface area contributed by atoms with Crippen LogP contribution in [0.3, 0.4) is 0 Å². The van der Waals surface area contributed by atoms with Gasteiger partial charge in [-0.3, -0.25) is 4.79 Å². The second kappa shape index (κ2) is 7.85. The van der Waals surface area contributed by atoms with Crippen LogP contribution in [-0.2, 0) is 16.1 Å². The number of nitrogens with two attached hydrogens (primary N) is 1. The topological polar surface area (TPSA) is 81.4 Å². The fourth-order valence-electron chi connectivity index (χ4n) is 1.81. The fourth-order valence-corrected chi connectivity index (χ4v) is 2.20. The van der Waals surface area contributed by atoms with Crippen LogP contribution in [0.4, 0.5) is 5.69 Å². The highest BCUT2D eigenvalue weighted by molar-refractivity contribution is 6.31. The van der Waals surface area contributed by atoms with E-state index in [2.05, 4.69) is 5.32 Å². The standard InChI is InChI=1S/C16H14Cl2N2O3/c17-11-3-1-2-10(6-11)8-20-15(21)9-23-16(22)13-7-12(18)4-5-14(13)19/h1-7H,8-9,19H2,(H,20,21). The Bertz CT molecular complexity index is 735. The van der Waals surface area contributed by atoms with Crippen LogP contribution in [-0.4, -0.2) is 18.5 Å². The van der Waals surface area contributed by atoms with Crippen LogP contribution >= 0.6 is 23.2 Å². The Morgan fingerprint density at radius 1 is 1.09 bits per heavy atom. The van der Waals surface area contributed by atoms with Gasteiger partial charge in [0, 0.05) is 22.3 Å². The molecule has 5 nitrogen and oxygen atoms in total. The number of anilines is 1. The van der Waals surface area contributed by atoms with Crippen molar-refractivity contribution in [2.24, 2.45) is 0 Å². The van der Waals surface area contributed by atoms with E-state index in [-0.39, 0.29) is 17.8 Å². The molecule has 120 valence electrons. The Morgan fingerprint density at radius 3 is 2.57 bits per heavy atom. The number of rotatable bonds is 5. The number of ether oxygens (including phenoxy) is 1. The lowest BCUT2D eigenvalue weighted by atomic mass is 10.2. The van der Waals surface area contributed by atoms with Gasteiger partial charge in [0.05, 0.1) is 5.56 Å². The Labute approximate surface area is 143 Å². The number of amides is 1. The number of benzene rings is 2. The average Bonchev–Trinajstić information content (AvgIpc) is 2.53. The van der Waals surface area contributed by atoms with Gasteiger partial charge in [0.2, 0.25) is 0 Å². The lowest BCUT2D eigenvalue weighted by Crippen LogP contribution is -2.28. The van der Waals surface area contributed by atoms with E-state index in [0.29, 0.717) is 10.0 Å². The normalized spacial score (nSPS) is 10.2. The highest BCUT2D eigenvalue weighted by Crippen LogP contribution is 2.18. The molecule has 2 aromatic carbocycles. The highest BCUT2D eigenvalue weighted by Gasteiger charge is 2.13. The van der Waals surface area contributed by atoms with Crippen LogP contribution in [0, 0.1) is 0 Å². The van der Waals surface area contributed by atoms with Gasteiger partial charge in [0.25, 0.3) is 5.91 Å². The average molecular weight is 353 g/mol. The van der Waals surface area contributed by atoms with E-state index in [1.165, 1.54) is 12.1 Å². The first-order valence-corrected chi connectivity index (χ1v) is 7.44. The lowest BCUT2D eigenvalue weighted by Gasteiger charge is -2.08. The molecule has 23 heavy (non-hydrogen) atoms. The van der Waals surface area contributed by atoms with Gasteiger partial charge in [-0.2, -0.15) is 0 Å². The van der Waals surface area contributed by atoms with Gasteiger partial charge in [-0.05, 0) is 35.9 Å². The molecule has 7 heteroatoms. The number of nitrogens with one attached hydrogen (secondary N) is 1.